The van der Waals surface area contributed by atoms with Crippen LogP contribution in [0.5, 0.6) is 0 Å². The lowest BCUT2D eigenvalue weighted by Crippen LogP contribution is -2.70. The first-order valence-corrected chi connectivity index (χ1v) is 8.08. The SMILES string of the molecule is Cc1ccc(C(=O)N2CCN3C(=O)[C@H](CO)N(C)C(=O)[C@H]3C2)cc1F. The minimum atomic E-state index is -0.878. The number of hydrogen-bond donors (Lipinski definition) is 1. The number of halogens is 1. The van der Waals surface area contributed by atoms with Crippen molar-refractivity contribution in [2.24, 2.45) is 0 Å². The highest BCUT2D eigenvalue weighted by molar-refractivity contribution is 5.99. The lowest BCUT2D eigenvalue weighted by atomic mass is 10.0. The molecule has 0 unspecified atom stereocenters. The van der Waals surface area contributed by atoms with Crippen LogP contribution in [0.15, 0.2) is 18.2 Å². The van der Waals surface area contributed by atoms with Gasteiger partial charge in [-0.2, -0.15) is 0 Å². The number of hydrogen-bond acceptors (Lipinski definition) is 4. The van der Waals surface area contributed by atoms with E-state index in [0.717, 1.165) is 0 Å². The van der Waals surface area contributed by atoms with Crippen LogP contribution in [0.2, 0.25) is 0 Å². The van der Waals surface area contributed by atoms with Gasteiger partial charge in [-0.3, -0.25) is 14.4 Å². The second kappa shape index (κ2) is 6.44. The second-order valence-corrected chi connectivity index (χ2v) is 6.41. The van der Waals surface area contributed by atoms with Crippen molar-refractivity contribution in [3.8, 4) is 0 Å². The Labute approximate surface area is 144 Å². The van der Waals surface area contributed by atoms with Crippen LogP contribution in [-0.2, 0) is 9.59 Å². The van der Waals surface area contributed by atoms with Gasteiger partial charge in [0.05, 0.1) is 13.2 Å². The zero-order valence-corrected chi connectivity index (χ0v) is 14.1. The van der Waals surface area contributed by atoms with Gasteiger partial charge in [0.25, 0.3) is 5.91 Å². The number of likely N-dealkylation sites (N-methyl/N-ethyl adjacent to an activating group) is 1. The van der Waals surface area contributed by atoms with Crippen molar-refractivity contribution >= 4 is 17.7 Å². The molecule has 0 bridgehead atoms. The van der Waals surface area contributed by atoms with Gasteiger partial charge in [-0.15, -0.1) is 0 Å². The molecule has 2 aliphatic rings. The summed E-state index contributed by atoms with van der Waals surface area (Å²) in [6, 6.07) is 2.62. The van der Waals surface area contributed by atoms with Gasteiger partial charge in [-0.25, -0.2) is 4.39 Å². The molecule has 25 heavy (non-hydrogen) atoms. The number of fused-ring (bicyclic) bond motifs is 1. The van der Waals surface area contributed by atoms with Crippen molar-refractivity contribution in [1.82, 2.24) is 14.7 Å². The molecule has 0 radical (unpaired) electrons. The van der Waals surface area contributed by atoms with E-state index in [4.69, 9.17) is 0 Å². The Bertz CT molecular complexity index is 739. The normalized spacial score (nSPS) is 23.8. The van der Waals surface area contributed by atoms with E-state index >= 15 is 0 Å². The van der Waals surface area contributed by atoms with E-state index in [0.29, 0.717) is 5.56 Å². The molecule has 7 nitrogen and oxygen atoms in total. The fourth-order valence-electron chi connectivity index (χ4n) is 3.30. The molecule has 2 fully saturated rings. The topological polar surface area (TPSA) is 81.2 Å². The number of amides is 3. The van der Waals surface area contributed by atoms with Gasteiger partial charge < -0.3 is 19.8 Å². The Morgan fingerprint density at radius 3 is 2.64 bits per heavy atom. The maximum Gasteiger partial charge on any atom is 0.254 e. The Morgan fingerprint density at radius 1 is 1.28 bits per heavy atom. The fraction of sp³-hybridized carbons (Fsp3) is 0.471. The third-order valence-corrected chi connectivity index (χ3v) is 4.93. The molecule has 2 aliphatic heterocycles. The van der Waals surface area contributed by atoms with Gasteiger partial charge in [0.15, 0.2) is 0 Å². The van der Waals surface area contributed by atoms with Crippen LogP contribution >= 0.6 is 0 Å². The van der Waals surface area contributed by atoms with Gasteiger partial charge in [-0.05, 0) is 24.6 Å². The maximum atomic E-state index is 13.7. The van der Waals surface area contributed by atoms with Crippen molar-refractivity contribution in [1.29, 1.82) is 0 Å². The van der Waals surface area contributed by atoms with E-state index in [2.05, 4.69) is 0 Å². The monoisotopic (exact) mass is 349 g/mol. The lowest BCUT2D eigenvalue weighted by molar-refractivity contribution is -0.164. The highest BCUT2D eigenvalue weighted by atomic mass is 19.1. The summed E-state index contributed by atoms with van der Waals surface area (Å²) < 4.78 is 13.7. The largest absolute Gasteiger partial charge is 0.394 e. The summed E-state index contributed by atoms with van der Waals surface area (Å²) in [5, 5.41) is 9.34. The molecule has 2 heterocycles. The summed E-state index contributed by atoms with van der Waals surface area (Å²) in [6.45, 7) is 1.70. The number of piperazine rings is 2. The van der Waals surface area contributed by atoms with E-state index in [9.17, 15) is 23.9 Å². The van der Waals surface area contributed by atoms with Crippen LogP contribution < -0.4 is 0 Å². The Morgan fingerprint density at radius 2 is 2.00 bits per heavy atom. The van der Waals surface area contributed by atoms with Crippen LogP contribution in [0.1, 0.15) is 15.9 Å². The highest BCUT2D eigenvalue weighted by Gasteiger charge is 2.47. The molecule has 0 aromatic heterocycles. The summed E-state index contributed by atoms with van der Waals surface area (Å²) in [7, 11) is 1.47. The highest BCUT2D eigenvalue weighted by Crippen LogP contribution is 2.22. The predicted molar refractivity (Wildman–Crippen MR) is 86.2 cm³/mol. The van der Waals surface area contributed by atoms with Crippen molar-refractivity contribution in [3.63, 3.8) is 0 Å². The minimum absolute atomic E-state index is 0.0569. The molecule has 3 rings (SSSR count). The average molecular weight is 349 g/mol. The zero-order valence-electron chi connectivity index (χ0n) is 14.1. The van der Waals surface area contributed by atoms with Gasteiger partial charge in [0, 0.05) is 25.7 Å². The molecule has 134 valence electrons. The number of aliphatic hydroxyl groups excluding tert-OH is 1. The number of carbonyl (C=O) groups excluding carboxylic acids is 3. The summed E-state index contributed by atoms with van der Waals surface area (Å²) >= 11 is 0. The van der Waals surface area contributed by atoms with Gasteiger partial charge >= 0.3 is 0 Å². The van der Waals surface area contributed by atoms with Crippen LogP contribution in [0.25, 0.3) is 0 Å². The first kappa shape index (κ1) is 17.3. The maximum absolute atomic E-state index is 13.7. The third kappa shape index (κ3) is 2.86. The van der Waals surface area contributed by atoms with Gasteiger partial charge in [-0.1, -0.05) is 6.07 Å². The summed E-state index contributed by atoms with van der Waals surface area (Å²) in [5.41, 5.74) is 0.666. The first-order chi connectivity index (χ1) is 11.8. The third-order valence-electron chi connectivity index (χ3n) is 4.93. The molecule has 8 heteroatoms. The minimum Gasteiger partial charge on any atom is -0.394 e. The van der Waals surface area contributed by atoms with Crippen LogP contribution in [0.4, 0.5) is 4.39 Å². The van der Waals surface area contributed by atoms with Crippen LogP contribution in [0.3, 0.4) is 0 Å². The molecular formula is C17H20FN3O4. The number of carbonyl (C=O) groups is 3. The van der Waals surface area contributed by atoms with E-state index in [-0.39, 0.29) is 42.9 Å². The molecule has 0 aliphatic carbocycles. The molecule has 1 aromatic carbocycles. The van der Waals surface area contributed by atoms with Crippen LogP contribution in [-0.4, -0.2) is 82.9 Å². The van der Waals surface area contributed by atoms with E-state index in [1.807, 2.05) is 0 Å². The average Bonchev–Trinajstić information content (AvgIpc) is 2.61. The standard InChI is InChI=1S/C17H20FN3O4/c1-10-3-4-11(7-12(10)18)15(23)20-5-6-21-13(8-20)16(24)19(2)14(9-22)17(21)25/h3-4,7,13-14,22H,5-6,8-9H2,1-2H3/t13-,14+/m1/s1. The molecule has 2 saturated heterocycles. The molecule has 1 aromatic rings. The molecule has 1 N–H and O–H groups in total. The Balaban J connectivity index is 1.80. The summed E-state index contributed by atoms with van der Waals surface area (Å²) in [5.74, 6) is -1.46. The molecule has 0 spiro atoms. The van der Waals surface area contributed by atoms with E-state index < -0.39 is 24.5 Å². The molecule has 3 amide bonds. The summed E-state index contributed by atoms with van der Waals surface area (Å²) in [4.78, 5) is 41.6. The molecular weight excluding hydrogens is 329 g/mol. The lowest BCUT2D eigenvalue weighted by Gasteiger charge is -2.47. The van der Waals surface area contributed by atoms with Gasteiger partial charge in [0.2, 0.25) is 11.8 Å². The van der Waals surface area contributed by atoms with Crippen molar-refractivity contribution in [3.05, 3.63) is 35.1 Å². The Hall–Kier alpha value is -2.48. The van der Waals surface area contributed by atoms with Crippen molar-refractivity contribution in [2.75, 3.05) is 33.3 Å². The van der Waals surface area contributed by atoms with Crippen molar-refractivity contribution in [2.45, 2.75) is 19.0 Å². The number of rotatable bonds is 2. The first-order valence-electron chi connectivity index (χ1n) is 8.08. The van der Waals surface area contributed by atoms with Crippen LogP contribution in [0, 0.1) is 12.7 Å². The quantitative estimate of drug-likeness (QED) is 0.789. The second-order valence-electron chi connectivity index (χ2n) is 6.41. The summed E-state index contributed by atoms with van der Waals surface area (Å²) in [6.07, 6.45) is 0. The number of aliphatic hydroxyl groups is 1. The van der Waals surface area contributed by atoms with E-state index in [1.165, 1.54) is 33.9 Å². The zero-order chi connectivity index (χ0) is 18.3. The van der Waals surface area contributed by atoms with Crippen molar-refractivity contribution < 1.29 is 23.9 Å². The molecule has 2 atom stereocenters. The fourth-order valence-corrected chi connectivity index (χ4v) is 3.30. The van der Waals surface area contributed by atoms with E-state index in [1.54, 1.807) is 13.0 Å². The van der Waals surface area contributed by atoms with Gasteiger partial charge in [0.1, 0.15) is 17.9 Å². The number of benzene rings is 1. The number of nitrogens with zero attached hydrogens (tertiary/aromatic N) is 3. The predicted octanol–water partition coefficient (Wildman–Crippen LogP) is -0.380. The molecule has 0 saturated carbocycles. The smallest absolute Gasteiger partial charge is 0.254 e. The number of aryl methyl sites for hydroxylation is 1. The Kier molecular flexibility index (Phi) is 4.47.